The number of carbonyl (C=O) groups is 2. The summed E-state index contributed by atoms with van der Waals surface area (Å²) < 4.78 is 23.3. The monoisotopic (exact) mass is 836 g/mol. The molecule has 7 nitrogen and oxygen atoms in total. The zero-order chi connectivity index (χ0) is 42.7. The lowest BCUT2D eigenvalue weighted by Crippen LogP contribution is -2.36. The van der Waals surface area contributed by atoms with Gasteiger partial charge in [-0.05, 0) is 69.7 Å². The Hall–Kier alpha value is -1.18. The van der Waals surface area contributed by atoms with Crippen molar-refractivity contribution in [2.24, 2.45) is 11.8 Å². The van der Waals surface area contributed by atoms with Crippen LogP contribution < -0.4 is 0 Å². The normalized spacial score (nSPS) is 14.5. The molecule has 0 spiro atoms. The number of esters is 2. The number of morpholine rings is 1. The third-order valence-corrected chi connectivity index (χ3v) is 12.8. The predicted molar refractivity (Wildman–Crippen MR) is 250 cm³/mol. The zero-order valence-corrected chi connectivity index (χ0v) is 40.0. The highest BCUT2D eigenvalue weighted by Crippen LogP contribution is 2.23. The Morgan fingerprint density at radius 2 is 0.847 bits per heavy atom. The molecular weight excluding hydrogens is 735 g/mol. The highest BCUT2D eigenvalue weighted by molar-refractivity contribution is 5.69. The predicted octanol–water partition coefficient (Wildman–Crippen LogP) is 14.8. The summed E-state index contributed by atoms with van der Waals surface area (Å²) in [7, 11) is 0. The molecule has 350 valence electrons. The van der Waals surface area contributed by atoms with E-state index in [-0.39, 0.29) is 11.9 Å². The molecule has 2 atom stereocenters. The minimum Gasteiger partial charge on any atom is -0.466 e. The fourth-order valence-corrected chi connectivity index (χ4v) is 8.75. The van der Waals surface area contributed by atoms with Crippen molar-refractivity contribution in [2.45, 2.75) is 259 Å². The average molecular weight is 836 g/mol. The van der Waals surface area contributed by atoms with Crippen molar-refractivity contribution in [3.8, 4) is 0 Å². The van der Waals surface area contributed by atoms with E-state index in [1.165, 1.54) is 154 Å². The molecule has 1 heterocycles. The molecule has 1 rings (SSSR count). The number of ether oxygens (including phenoxy) is 4. The van der Waals surface area contributed by atoms with Crippen molar-refractivity contribution in [1.29, 1.82) is 0 Å². The largest absolute Gasteiger partial charge is 0.466 e. The number of unbranched alkanes of at least 4 members (excludes halogenated alkanes) is 18. The second kappa shape index (κ2) is 43.5. The van der Waals surface area contributed by atoms with Crippen molar-refractivity contribution in [3.63, 3.8) is 0 Å². The highest BCUT2D eigenvalue weighted by Gasteiger charge is 2.14. The summed E-state index contributed by atoms with van der Waals surface area (Å²) in [6.45, 7) is 16.2. The lowest BCUT2D eigenvalue weighted by atomic mass is 9.92. The maximum Gasteiger partial charge on any atom is 0.305 e. The van der Waals surface area contributed by atoms with Crippen LogP contribution in [0.3, 0.4) is 0 Å². The topological polar surface area (TPSA) is 74.3 Å². The van der Waals surface area contributed by atoms with E-state index in [9.17, 15) is 9.59 Å². The molecule has 7 heteroatoms. The minimum atomic E-state index is 0.00233. The molecule has 0 saturated carbocycles. The van der Waals surface area contributed by atoms with Gasteiger partial charge >= 0.3 is 11.9 Å². The summed E-state index contributed by atoms with van der Waals surface area (Å²) in [5.41, 5.74) is 0. The van der Waals surface area contributed by atoms with E-state index >= 15 is 0 Å². The fourth-order valence-electron chi connectivity index (χ4n) is 8.75. The van der Waals surface area contributed by atoms with Gasteiger partial charge in [-0.25, -0.2) is 0 Å². The van der Waals surface area contributed by atoms with Crippen LogP contribution in [0.1, 0.15) is 252 Å². The highest BCUT2D eigenvalue weighted by atomic mass is 16.5. The smallest absolute Gasteiger partial charge is 0.305 e. The Morgan fingerprint density at radius 3 is 1.31 bits per heavy atom. The molecule has 0 aromatic heterocycles. The summed E-state index contributed by atoms with van der Waals surface area (Å²) in [6, 6.07) is 0. The molecule has 2 unspecified atom stereocenters. The van der Waals surface area contributed by atoms with Gasteiger partial charge in [0, 0.05) is 32.5 Å². The maximum absolute atomic E-state index is 12.4. The minimum absolute atomic E-state index is 0.00233. The molecule has 0 aromatic rings. The first-order valence-electron chi connectivity index (χ1n) is 26.2. The Bertz CT molecular complexity index is 884. The van der Waals surface area contributed by atoms with Crippen molar-refractivity contribution >= 4 is 11.9 Å². The zero-order valence-electron chi connectivity index (χ0n) is 40.0. The number of carbonyl (C=O) groups excluding carboxylic acids is 2. The third-order valence-electron chi connectivity index (χ3n) is 12.8. The van der Waals surface area contributed by atoms with Gasteiger partial charge < -0.3 is 18.9 Å². The van der Waals surface area contributed by atoms with Crippen molar-refractivity contribution in [1.82, 2.24) is 4.90 Å². The SMILES string of the molecule is CCCCCC(CCCC)CCOC(=O)CCCCCCCCC(CCCCCCCCC(=O)OCCC(CCCCC)CCCCC)OCCCCN1CCOCC1. The van der Waals surface area contributed by atoms with Crippen molar-refractivity contribution in [3.05, 3.63) is 0 Å². The first-order valence-corrected chi connectivity index (χ1v) is 26.2. The lowest BCUT2D eigenvalue weighted by molar-refractivity contribution is -0.145. The Balaban J connectivity index is 2.23. The number of rotatable bonds is 45. The standard InChI is InChI=1S/C52H101NO6/c1-5-9-21-31-48(30-12-8-4)38-44-58-51(54)36-26-19-15-13-17-24-34-50(57-43-29-28-40-53-41-46-56-47-42-53)35-25-18-14-16-20-27-37-52(55)59-45-39-49(32-22-10-6-2)33-23-11-7-3/h48-50H,5-47H2,1-4H3. The fraction of sp³-hybridized carbons (Fsp3) is 0.962. The molecular formula is C52H101NO6. The van der Waals surface area contributed by atoms with Gasteiger partial charge in [0.2, 0.25) is 0 Å². The van der Waals surface area contributed by atoms with Crippen molar-refractivity contribution in [2.75, 3.05) is 52.7 Å². The molecule has 59 heavy (non-hydrogen) atoms. The van der Waals surface area contributed by atoms with Crippen LogP contribution in [0, 0.1) is 11.8 Å². The van der Waals surface area contributed by atoms with Crippen molar-refractivity contribution < 1.29 is 28.5 Å². The summed E-state index contributed by atoms with van der Waals surface area (Å²) in [5, 5.41) is 0. The molecule has 1 fully saturated rings. The van der Waals surface area contributed by atoms with Crippen LogP contribution >= 0.6 is 0 Å². The van der Waals surface area contributed by atoms with Crippen LogP contribution in [0.25, 0.3) is 0 Å². The number of hydrogen-bond donors (Lipinski definition) is 0. The lowest BCUT2D eigenvalue weighted by Gasteiger charge is -2.26. The van der Waals surface area contributed by atoms with Crippen LogP contribution in [-0.2, 0) is 28.5 Å². The van der Waals surface area contributed by atoms with Gasteiger partial charge in [0.05, 0.1) is 32.5 Å². The van der Waals surface area contributed by atoms with Crippen LogP contribution in [0.15, 0.2) is 0 Å². The molecule has 0 aromatic carbocycles. The molecule has 1 saturated heterocycles. The molecule has 0 amide bonds. The van der Waals surface area contributed by atoms with Crippen LogP contribution in [0.4, 0.5) is 0 Å². The van der Waals surface area contributed by atoms with E-state index in [1.807, 2.05) is 0 Å². The van der Waals surface area contributed by atoms with Gasteiger partial charge in [0.15, 0.2) is 0 Å². The van der Waals surface area contributed by atoms with E-state index in [4.69, 9.17) is 18.9 Å². The molecule has 1 aliphatic rings. The van der Waals surface area contributed by atoms with Gasteiger partial charge in [-0.15, -0.1) is 0 Å². The van der Waals surface area contributed by atoms with Gasteiger partial charge in [0.1, 0.15) is 0 Å². The number of hydrogen-bond acceptors (Lipinski definition) is 7. The Kier molecular flexibility index (Phi) is 41.1. The molecule has 0 N–H and O–H groups in total. The maximum atomic E-state index is 12.4. The summed E-state index contributed by atoms with van der Waals surface area (Å²) >= 11 is 0. The molecule has 0 bridgehead atoms. The van der Waals surface area contributed by atoms with Crippen LogP contribution in [0.2, 0.25) is 0 Å². The summed E-state index contributed by atoms with van der Waals surface area (Å²) in [5.74, 6) is 1.44. The third kappa shape index (κ3) is 37.1. The van der Waals surface area contributed by atoms with Gasteiger partial charge in [-0.1, -0.05) is 188 Å². The Labute approximate surface area is 367 Å². The Morgan fingerprint density at radius 1 is 0.441 bits per heavy atom. The summed E-state index contributed by atoms with van der Waals surface area (Å²) in [4.78, 5) is 27.3. The van der Waals surface area contributed by atoms with E-state index in [1.54, 1.807) is 0 Å². The second-order valence-corrected chi connectivity index (χ2v) is 18.4. The average Bonchev–Trinajstić information content (AvgIpc) is 3.24. The van der Waals surface area contributed by atoms with E-state index in [0.717, 1.165) is 97.2 Å². The molecule has 1 aliphatic heterocycles. The first kappa shape index (κ1) is 55.8. The van der Waals surface area contributed by atoms with Crippen LogP contribution in [-0.4, -0.2) is 75.6 Å². The van der Waals surface area contributed by atoms with Gasteiger partial charge in [-0.3, -0.25) is 14.5 Å². The van der Waals surface area contributed by atoms with Gasteiger partial charge in [0.25, 0.3) is 0 Å². The van der Waals surface area contributed by atoms with Crippen LogP contribution in [0.5, 0.6) is 0 Å². The van der Waals surface area contributed by atoms with E-state index < -0.39 is 0 Å². The van der Waals surface area contributed by atoms with E-state index in [2.05, 4.69) is 32.6 Å². The first-order chi connectivity index (χ1) is 29.0. The van der Waals surface area contributed by atoms with E-state index in [0.29, 0.717) is 44.0 Å². The summed E-state index contributed by atoms with van der Waals surface area (Å²) in [6.07, 6.45) is 41.6. The molecule has 0 radical (unpaired) electrons. The molecule has 0 aliphatic carbocycles. The van der Waals surface area contributed by atoms with Gasteiger partial charge in [-0.2, -0.15) is 0 Å². The quantitative estimate of drug-likeness (QED) is 0.0447. The number of nitrogens with zero attached hydrogens (tertiary/aromatic N) is 1. The second-order valence-electron chi connectivity index (χ2n) is 18.4.